The molecule has 0 aliphatic heterocycles. The predicted octanol–water partition coefficient (Wildman–Crippen LogP) is 2.69. The lowest BCUT2D eigenvalue weighted by Gasteiger charge is -2.10. The predicted molar refractivity (Wildman–Crippen MR) is 93.2 cm³/mol. The molecule has 132 valence electrons. The minimum Gasteiger partial charge on any atom is -0.491 e. The Kier molecular flexibility index (Phi) is 5.71. The summed E-state index contributed by atoms with van der Waals surface area (Å²) < 4.78 is 29.7. The molecule has 0 saturated heterocycles. The molecule has 0 amide bonds. The molecule has 2 aromatic rings. The number of nitrogens with zero attached hydrogens (tertiary/aromatic N) is 2. The van der Waals surface area contributed by atoms with Crippen molar-refractivity contribution in [2.45, 2.75) is 24.8 Å². The van der Waals surface area contributed by atoms with Gasteiger partial charge >= 0.3 is 0 Å². The molecule has 0 aromatic heterocycles. The second-order valence-corrected chi connectivity index (χ2v) is 7.00. The number of hydrazone groups is 1. The molecule has 0 fully saturated rings. The Labute approximate surface area is 145 Å². The maximum absolute atomic E-state index is 12.1. The number of sulfonamides is 1. The molecule has 0 spiro atoms. The van der Waals surface area contributed by atoms with E-state index >= 15 is 0 Å². The van der Waals surface area contributed by atoms with Gasteiger partial charge in [0.15, 0.2) is 0 Å². The van der Waals surface area contributed by atoms with Crippen LogP contribution in [-0.4, -0.2) is 25.7 Å². The first-order valence-electron chi connectivity index (χ1n) is 7.34. The van der Waals surface area contributed by atoms with Gasteiger partial charge in [-0.3, -0.25) is 10.1 Å². The van der Waals surface area contributed by atoms with Crippen molar-refractivity contribution in [2.75, 3.05) is 0 Å². The van der Waals surface area contributed by atoms with E-state index in [9.17, 15) is 18.5 Å². The Hall–Kier alpha value is -2.94. The highest BCUT2D eigenvalue weighted by molar-refractivity contribution is 7.89. The third kappa shape index (κ3) is 5.28. The zero-order valence-electron chi connectivity index (χ0n) is 13.6. The fraction of sp³-hybridized carbons (Fsp3) is 0.188. The van der Waals surface area contributed by atoms with Gasteiger partial charge in [-0.25, -0.2) is 4.83 Å². The quantitative estimate of drug-likeness (QED) is 0.462. The smallest absolute Gasteiger partial charge is 0.276 e. The molecule has 0 bridgehead atoms. The van der Waals surface area contributed by atoms with Gasteiger partial charge in [0, 0.05) is 12.1 Å². The molecule has 0 aliphatic rings. The molecular formula is C16H17N3O5S. The fourth-order valence-electron chi connectivity index (χ4n) is 1.87. The molecular weight excluding hydrogens is 346 g/mol. The summed E-state index contributed by atoms with van der Waals surface area (Å²) in [4.78, 5) is 12.2. The number of rotatable bonds is 7. The van der Waals surface area contributed by atoms with Crippen LogP contribution in [0.25, 0.3) is 0 Å². The van der Waals surface area contributed by atoms with Crippen molar-refractivity contribution in [1.82, 2.24) is 4.83 Å². The van der Waals surface area contributed by atoms with Crippen LogP contribution in [0.3, 0.4) is 0 Å². The summed E-state index contributed by atoms with van der Waals surface area (Å²) in [5.41, 5.74) is 0.468. The number of benzene rings is 2. The standard InChI is InChI=1S/C16H17N3O5S/c1-12(2)24-15-7-9-16(10-8-15)25(22,23)18-17-11-13-3-5-14(6-4-13)19(20)21/h3-12,18H,1-2H3/b17-11+. The van der Waals surface area contributed by atoms with Crippen molar-refractivity contribution >= 4 is 21.9 Å². The van der Waals surface area contributed by atoms with E-state index in [1.54, 1.807) is 12.1 Å². The lowest BCUT2D eigenvalue weighted by Crippen LogP contribution is -2.18. The van der Waals surface area contributed by atoms with Crippen LogP contribution in [-0.2, 0) is 10.0 Å². The van der Waals surface area contributed by atoms with Crippen LogP contribution in [0, 0.1) is 10.1 Å². The van der Waals surface area contributed by atoms with Gasteiger partial charge in [-0.2, -0.15) is 13.5 Å². The van der Waals surface area contributed by atoms with E-state index in [-0.39, 0.29) is 16.7 Å². The average Bonchev–Trinajstić information content (AvgIpc) is 2.55. The summed E-state index contributed by atoms with van der Waals surface area (Å²) in [7, 11) is -3.81. The van der Waals surface area contributed by atoms with Crippen molar-refractivity contribution in [3.63, 3.8) is 0 Å². The highest BCUT2D eigenvalue weighted by Crippen LogP contribution is 2.17. The van der Waals surface area contributed by atoms with E-state index in [1.165, 1.54) is 42.6 Å². The number of non-ortho nitro benzene ring substituents is 1. The first-order chi connectivity index (χ1) is 11.8. The van der Waals surface area contributed by atoms with Crippen LogP contribution in [0.15, 0.2) is 58.5 Å². The highest BCUT2D eigenvalue weighted by Gasteiger charge is 2.12. The van der Waals surface area contributed by atoms with E-state index in [4.69, 9.17) is 4.74 Å². The zero-order valence-corrected chi connectivity index (χ0v) is 14.4. The van der Waals surface area contributed by atoms with Gasteiger partial charge in [0.05, 0.1) is 22.1 Å². The van der Waals surface area contributed by atoms with Crippen molar-refractivity contribution in [1.29, 1.82) is 0 Å². The van der Waals surface area contributed by atoms with Crippen molar-refractivity contribution in [3.05, 3.63) is 64.2 Å². The lowest BCUT2D eigenvalue weighted by atomic mass is 10.2. The second kappa shape index (κ2) is 7.75. The van der Waals surface area contributed by atoms with Crippen molar-refractivity contribution in [2.24, 2.45) is 5.10 Å². The van der Waals surface area contributed by atoms with E-state index in [0.717, 1.165) is 0 Å². The maximum atomic E-state index is 12.1. The molecule has 25 heavy (non-hydrogen) atoms. The van der Waals surface area contributed by atoms with Gasteiger partial charge in [-0.15, -0.1) is 0 Å². The number of nitrogens with one attached hydrogen (secondary N) is 1. The number of hydrogen-bond donors (Lipinski definition) is 1. The minimum absolute atomic E-state index is 0.00752. The maximum Gasteiger partial charge on any atom is 0.276 e. The molecule has 0 saturated carbocycles. The van der Waals surface area contributed by atoms with Crippen LogP contribution in [0.5, 0.6) is 5.75 Å². The third-order valence-corrected chi connectivity index (χ3v) is 4.23. The van der Waals surface area contributed by atoms with Gasteiger partial charge in [0.25, 0.3) is 15.7 Å². The summed E-state index contributed by atoms with van der Waals surface area (Å²) in [6.45, 7) is 3.75. The van der Waals surface area contributed by atoms with Crippen LogP contribution in [0.1, 0.15) is 19.4 Å². The Morgan fingerprint density at radius 1 is 1.12 bits per heavy atom. The van der Waals surface area contributed by atoms with Crippen molar-refractivity contribution < 1.29 is 18.1 Å². The average molecular weight is 363 g/mol. The molecule has 9 heteroatoms. The lowest BCUT2D eigenvalue weighted by molar-refractivity contribution is -0.384. The first-order valence-corrected chi connectivity index (χ1v) is 8.82. The van der Waals surface area contributed by atoms with Gasteiger partial charge in [0.1, 0.15) is 5.75 Å². The second-order valence-electron chi connectivity index (χ2n) is 5.34. The number of nitro benzene ring substituents is 1. The summed E-state index contributed by atoms with van der Waals surface area (Å²) in [5, 5.41) is 14.2. The number of hydrogen-bond acceptors (Lipinski definition) is 6. The highest BCUT2D eigenvalue weighted by atomic mass is 32.2. The molecule has 0 atom stereocenters. The first kappa shape index (κ1) is 18.4. The SMILES string of the molecule is CC(C)Oc1ccc(S(=O)(=O)N/N=C/c2ccc([N+](=O)[O-])cc2)cc1. The molecule has 0 unspecified atom stereocenters. The molecule has 1 N–H and O–H groups in total. The molecule has 0 heterocycles. The minimum atomic E-state index is -3.81. The van der Waals surface area contributed by atoms with Crippen LogP contribution in [0.4, 0.5) is 5.69 Å². The molecule has 2 aromatic carbocycles. The normalized spacial score (nSPS) is 11.6. The van der Waals surface area contributed by atoms with Crippen LogP contribution < -0.4 is 9.57 Å². The number of ether oxygens (including phenoxy) is 1. The van der Waals surface area contributed by atoms with E-state index in [0.29, 0.717) is 11.3 Å². The van der Waals surface area contributed by atoms with E-state index < -0.39 is 14.9 Å². The van der Waals surface area contributed by atoms with Gasteiger partial charge < -0.3 is 4.74 Å². The summed E-state index contributed by atoms with van der Waals surface area (Å²) >= 11 is 0. The Morgan fingerprint density at radius 3 is 2.24 bits per heavy atom. The van der Waals surface area contributed by atoms with Gasteiger partial charge in [-0.05, 0) is 55.8 Å². The third-order valence-electron chi connectivity index (χ3n) is 3.00. The molecule has 8 nitrogen and oxygen atoms in total. The summed E-state index contributed by atoms with van der Waals surface area (Å²) in [6.07, 6.45) is 1.25. The van der Waals surface area contributed by atoms with E-state index in [2.05, 4.69) is 9.93 Å². The molecule has 0 radical (unpaired) electrons. The van der Waals surface area contributed by atoms with E-state index in [1.807, 2.05) is 13.8 Å². The number of nitro groups is 1. The monoisotopic (exact) mass is 363 g/mol. The Morgan fingerprint density at radius 2 is 1.72 bits per heavy atom. The Bertz CT molecular complexity index is 860. The fourth-order valence-corrected chi connectivity index (χ4v) is 2.67. The topological polar surface area (TPSA) is 111 Å². The van der Waals surface area contributed by atoms with Gasteiger partial charge in [0.2, 0.25) is 0 Å². The van der Waals surface area contributed by atoms with Crippen LogP contribution >= 0.6 is 0 Å². The van der Waals surface area contributed by atoms with Crippen molar-refractivity contribution in [3.8, 4) is 5.75 Å². The molecule has 2 rings (SSSR count). The zero-order chi connectivity index (χ0) is 18.4. The Balaban J connectivity index is 2.04. The summed E-state index contributed by atoms with van der Waals surface area (Å²) in [5.74, 6) is 0.573. The largest absolute Gasteiger partial charge is 0.491 e. The molecule has 0 aliphatic carbocycles. The van der Waals surface area contributed by atoms with Crippen LogP contribution in [0.2, 0.25) is 0 Å². The van der Waals surface area contributed by atoms with Gasteiger partial charge in [-0.1, -0.05) is 0 Å². The summed E-state index contributed by atoms with van der Waals surface area (Å²) in [6, 6.07) is 11.5.